The van der Waals surface area contributed by atoms with E-state index in [2.05, 4.69) is 4.99 Å². The average Bonchev–Trinajstić information content (AvgIpc) is 2.15. The molecule has 0 saturated heterocycles. The van der Waals surface area contributed by atoms with Crippen LogP contribution in [0.3, 0.4) is 0 Å². The molecule has 0 N–H and O–H groups in total. The van der Waals surface area contributed by atoms with E-state index in [1.807, 2.05) is 0 Å². The molecule has 0 atom stereocenters. The standard InChI is InChI=1S/C12H17NO/c14-7-13-6-12-10-2-8-1-9(4-10)5-11(12)3-8/h8-12H,1-6H2. The predicted molar refractivity (Wildman–Crippen MR) is 53.5 cm³/mol. The lowest BCUT2D eigenvalue weighted by molar-refractivity contribution is -0.0319. The highest BCUT2D eigenvalue weighted by atomic mass is 16.1. The molecule has 4 fully saturated rings. The van der Waals surface area contributed by atoms with Gasteiger partial charge in [-0.3, -0.25) is 0 Å². The second-order valence-electron chi connectivity index (χ2n) is 5.53. The molecule has 0 unspecified atom stereocenters. The van der Waals surface area contributed by atoms with Crippen molar-refractivity contribution in [1.82, 2.24) is 0 Å². The SMILES string of the molecule is O=C=NCC1C2CC3CC(C2)CC1C3. The van der Waals surface area contributed by atoms with Gasteiger partial charge in [0.25, 0.3) is 0 Å². The molecule has 76 valence electrons. The quantitative estimate of drug-likeness (QED) is 0.487. The van der Waals surface area contributed by atoms with E-state index >= 15 is 0 Å². The molecule has 0 aromatic rings. The molecule has 0 radical (unpaired) electrons. The Hall–Kier alpha value is -0.620. The minimum atomic E-state index is 0.726. The summed E-state index contributed by atoms with van der Waals surface area (Å²) in [5.74, 6) is 4.55. The molecule has 2 heteroatoms. The first-order valence-electron chi connectivity index (χ1n) is 5.90. The molecule has 0 amide bonds. The predicted octanol–water partition coefficient (Wildman–Crippen LogP) is 2.39. The van der Waals surface area contributed by atoms with Gasteiger partial charge in [0.1, 0.15) is 0 Å². The van der Waals surface area contributed by atoms with Crippen molar-refractivity contribution in [3.63, 3.8) is 0 Å². The van der Waals surface area contributed by atoms with E-state index in [-0.39, 0.29) is 0 Å². The molecular formula is C12H17NO. The fourth-order valence-corrected chi connectivity index (χ4v) is 4.48. The third-order valence-corrected chi connectivity index (χ3v) is 4.79. The number of nitrogens with zero attached hydrogens (tertiary/aromatic N) is 1. The molecule has 0 heterocycles. The first-order valence-corrected chi connectivity index (χ1v) is 5.90. The Morgan fingerprint density at radius 1 is 1.00 bits per heavy atom. The lowest BCUT2D eigenvalue weighted by Crippen LogP contribution is -2.46. The molecule has 4 bridgehead atoms. The van der Waals surface area contributed by atoms with Gasteiger partial charge in [0.2, 0.25) is 6.08 Å². The summed E-state index contributed by atoms with van der Waals surface area (Å²) in [7, 11) is 0. The molecule has 0 spiro atoms. The van der Waals surface area contributed by atoms with Crippen LogP contribution in [0.4, 0.5) is 0 Å². The van der Waals surface area contributed by atoms with Crippen molar-refractivity contribution < 1.29 is 4.79 Å². The van der Waals surface area contributed by atoms with E-state index in [9.17, 15) is 4.79 Å². The Morgan fingerprint density at radius 2 is 1.57 bits per heavy atom. The van der Waals surface area contributed by atoms with Crippen molar-refractivity contribution in [2.45, 2.75) is 32.1 Å². The highest BCUT2D eigenvalue weighted by Crippen LogP contribution is 2.56. The molecule has 4 aliphatic rings. The monoisotopic (exact) mass is 191 g/mol. The molecule has 4 saturated carbocycles. The molecule has 0 aromatic carbocycles. The molecule has 4 aliphatic carbocycles. The summed E-state index contributed by atoms with van der Waals surface area (Å²) in [6.07, 6.45) is 8.89. The smallest absolute Gasteiger partial charge is 0.211 e. The largest absolute Gasteiger partial charge is 0.234 e. The first kappa shape index (κ1) is 8.67. The summed E-state index contributed by atoms with van der Waals surface area (Å²) in [5.41, 5.74) is 0. The van der Waals surface area contributed by atoms with Crippen molar-refractivity contribution in [3.8, 4) is 0 Å². The van der Waals surface area contributed by atoms with Gasteiger partial charge in [-0.2, -0.15) is 0 Å². The zero-order valence-corrected chi connectivity index (χ0v) is 8.48. The maximum Gasteiger partial charge on any atom is 0.234 e. The molecule has 0 aliphatic heterocycles. The van der Waals surface area contributed by atoms with Crippen molar-refractivity contribution in [3.05, 3.63) is 0 Å². The van der Waals surface area contributed by atoms with Crippen molar-refractivity contribution in [2.75, 3.05) is 6.54 Å². The van der Waals surface area contributed by atoms with Crippen molar-refractivity contribution in [2.24, 2.45) is 34.6 Å². The zero-order chi connectivity index (χ0) is 9.54. The van der Waals surface area contributed by atoms with Crippen LogP contribution >= 0.6 is 0 Å². The molecule has 2 nitrogen and oxygen atoms in total. The van der Waals surface area contributed by atoms with Crippen LogP contribution in [0.1, 0.15) is 32.1 Å². The maximum atomic E-state index is 10.1. The molecule has 0 aromatic heterocycles. The summed E-state index contributed by atoms with van der Waals surface area (Å²) in [6, 6.07) is 0. The van der Waals surface area contributed by atoms with Gasteiger partial charge in [-0.25, -0.2) is 9.79 Å². The number of aliphatic imine (C=N–C) groups is 1. The van der Waals surface area contributed by atoms with Crippen LogP contribution in [0.15, 0.2) is 4.99 Å². The number of isocyanates is 1. The van der Waals surface area contributed by atoms with Crippen molar-refractivity contribution >= 4 is 6.08 Å². The Kier molecular flexibility index (Phi) is 1.98. The summed E-state index contributed by atoms with van der Waals surface area (Å²) in [6.45, 7) is 0.762. The molecular weight excluding hydrogens is 174 g/mol. The van der Waals surface area contributed by atoms with Crippen LogP contribution < -0.4 is 0 Å². The average molecular weight is 191 g/mol. The molecule has 4 rings (SSSR count). The van der Waals surface area contributed by atoms with Gasteiger partial charge >= 0.3 is 0 Å². The van der Waals surface area contributed by atoms with E-state index in [1.165, 1.54) is 32.1 Å². The lowest BCUT2D eigenvalue weighted by Gasteiger charge is -2.54. The van der Waals surface area contributed by atoms with Crippen LogP contribution in [-0.2, 0) is 4.79 Å². The van der Waals surface area contributed by atoms with E-state index in [4.69, 9.17) is 0 Å². The van der Waals surface area contributed by atoms with Crippen LogP contribution in [0.25, 0.3) is 0 Å². The van der Waals surface area contributed by atoms with Gasteiger partial charge in [-0.1, -0.05) is 0 Å². The minimum Gasteiger partial charge on any atom is -0.211 e. The highest BCUT2D eigenvalue weighted by molar-refractivity contribution is 5.32. The third-order valence-electron chi connectivity index (χ3n) is 4.79. The van der Waals surface area contributed by atoms with Crippen LogP contribution in [0.5, 0.6) is 0 Å². The van der Waals surface area contributed by atoms with E-state index in [0.717, 1.165) is 36.1 Å². The van der Waals surface area contributed by atoms with E-state index < -0.39 is 0 Å². The normalized spacial score (nSPS) is 49.0. The fourth-order valence-electron chi connectivity index (χ4n) is 4.48. The van der Waals surface area contributed by atoms with E-state index in [0.29, 0.717) is 0 Å². The van der Waals surface area contributed by atoms with Gasteiger partial charge in [-0.15, -0.1) is 0 Å². The van der Waals surface area contributed by atoms with Gasteiger partial charge in [0, 0.05) is 0 Å². The van der Waals surface area contributed by atoms with Crippen LogP contribution in [-0.4, -0.2) is 12.6 Å². The van der Waals surface area contributed by atoms with Gasteiger partial charge in [0.15, 0.2) is 0 Å². The second kappa shape index (κ2) is 3.20. The van der Waals surface area contributed by atoms with Crippen LogP contribution in [0, 0.1) is 29.6 Å². The summed E-state index contributed by atoms with van der Waals surface area (Å²) in [5, 5.41) is 0. The fraction of sp³-hybridized carbons (Fsp3) is 0.917. The van der Waals surface area contributed by atoms with Gasteiger partial charge in [0.05, 0.1) is 6.54 Å². The number of carbonyl (C=O) groups excluding carboxylic acids is 1. The van der Waals surface area contributed by atoms with Crippen LogP contribution in [0.2, 0.25) is 0 Å². The third kappa shape index (κ3) is 1.25. The molecule has 14 heavy (non-hydrogen) atoms. The van der Waals surface area contributed by atoms with Crippen molar-refractivity contribution in [1.29, 1.82) is 0 Å². The number of hydrogen-bond acceptors (Lipinski definition) is 2. The summed E-state index contributed by atoms with van der Waals surface area (Å²) < 4.78 is 0. The number of rotatable bonds is 2. The van der Waals surface area contributed by atoms with Gasteiger partial charge < -0.3 is 0 Å². The van der Waals surface area contributed by atoms with Gasteiger partial charge in [-0.05, 0) is 61.7 Å². The van der Waals surface area contributed by atoms with E-state index in [1.54, 1.807) is 6.08 Å². The Morgan fingerprint density at radius 3 is 2.07 bits per heavy atom. The second-order valence-corrected chi connectivity index (χ2v) is 5.53. The first-order chi connectivity index (χ1) is 6.86. The maximum absolute atomic E-state index is 10.1. The summed E-state index contributed by atoms with van der Waals surface area (Å²) in [4.78, 5) is 14.0. The summed E-state index contributed by atoms with van der Waals surface area (Å²) >= 11 is 0. The lowest BCUT2D eigenvalue weighted by atomic mass is 9.52. The Balaban J connectivity index is 1.77. The Bertz CT molecular complexity index is 252. The minimum absolute atomic E-state index is 0.726. The Labute approximate surface area is 84.8 Å². The number of hydrogen-bond donors (Lipinski definition) is 0. The zero-order valence-electron chi connectivity index (χ0n) is 8.48. The highest BCUT2D eigenvalue weighted by Gasteiger charge is 2.47. The topological polar surface area (TPSA) is 29.4 Å².